The summed E-state index contributed by atoms with van der Waals surface area (Å²) in [6.45, 7) is 4.00. The summed E-state index contributed by atoms with van der Waals surface area (Å²) >= 11 is 0. The zero-order chi connectivity index (χ0) is 14.4. The number of fused-ring (bicyclic) bond motifs is 1. The lowest BCUT2D eigenvalue weighted by molar-refractivity contribution is -0.117. The molecule has 0 aliphatic heterocycles. The molecule has 5 heteroatoms. The van der Waals surface area contributed by atoms with Crippen LogP contribution in [0.2, 0.25) is 0 Å². The summed E-state index contributed by atoms with van der Waals surface area (Å²) in [4.78, 5) is 22.3. The number of carbonyl (C=O) groups is 1. The second kappa shape index (κ2) is 6.58. The molecule has 0 fully saturated rings. The summed E-state index contributed by atoms with van der Waals surface area (Å²) in [6, 6.07) is 6.64. The minimum atomic E-state index is -0.484. The molecule has 1 heterocycles. The van der Waals surface area contributed by atoms with Crippen LogP contribution in [0.3, 0.4) is 0 Å². The Bertz CT molecular complexity index is 632. The number of hydrogen-bond acceptors (Lipinski definition) is 4. The van der Waals surface area contributed by atoms with E-state index < -0.39 is 11.5 Å². The minimum absolute atomic E-state index is 0.0288. The second-order valence-corrected chi connectivity index (χ2v) is 3.69. The summed E-state index contributed by atoms with van der Waals surface area (Å²) < 4.78 is 5.08. The molecule has 0 unspecified atom stereocenters. The maximum Gasteiger partial charge on any atom is 0.336 e. The minimum Gasteiger partial charge on any atom is -0.423 e. The molecule has 5 nitrogen and oxygen atoms in total. The third-order valence-electron chi connectivity index (χ3n) is 2.48. The highest BCUT2D eigenvalue weighted by Crippen LogP contribution is 2.21. The molecule has 102 valence electrons. The van der Waals surface area contributed by atoms with Crippen LogP contribution < -0.4 is 16.7 Å². The Morgan fingerprint density at radius 3 is 2.58 bits per heavy atom. The van der Waals surface area contributed by atoms with Crippen LogP contribution in [-0.4, -0.2) is 13.0 Å². The van der Waals surface area contributed by atoms with Crippen LogP contribution >= 0.6 is 0 Å². The number of hydrogen-bond donors (Lipinski definition) is 2. The predicted octanol–water partition coefficient (Wildman–Crippen LogP) is 1.89. The average molecular weight is 262 g/mol. The van der Waals surface area contributed by atoms with Crippen LogP contribution in [0.1, 0.15) is 19.4 Å². The summed E-state index contributed by atoms with van der Waals surface area (Å²) in [5.41, 5.74) is 6.52. The maximum absolute atomic E-state index is 11.3. The quantitative estimate of drug-likeness (QED) is 0.827. The van der Waals surface area contributed by atoms with Gasteiger partial charge in [0.2, 0.25) is 5.91 Å². The van der Waals surface area contributed by atoms with Crippen molar-refractivity contribution in [1.82, 2.24) is 0 Å². The van der Waals surface area contributed by atoms with E-state index in [1.807, 2.05) is 19.9 Å². The largest absolute Gasteiger partial charge is 0.423 e. The number of nitrogens with two attached hydrogens (primary N) is 1. The van der Waals surface area contributed by atoms with Crippen molar-refractivity contribution in [2.75, 3.05) is 12.4 Å². The Morgan fingerprint density at radius 2 is 2.00 bits per heavy atom. The van der Waals surface area contributed by atoms with E-state index in [-0.39, 0.29) is 6.42 Å². The number of anilines is 1. The van der Waals surface area contributed by atoms with Gasteiger partial charge in [0, 0.05) is 30.3 Å². The molecule has 0 bridgehead atoms. The molecule has 1 amide bonds. The standard InChI is InChI=1S/C12H12N2O3.C2H6/c1-14-8-2-3-9-7(4-11(13)15)5-12(16)17-10(9)6-8;1-2/h2-3,5-6,14H,4H2,1H3,(H2,13,15);1-2H3. The number of amides is 1. The first kappa shape index (κ1) is 14.8. The highest BCUT2D eigenvalue weighted by atomic mass is 16.4. The van der Waals surface area contributed by atoms with Crippen LogP contribution in [-0.2, 0) is 11.2 Å². The van der Waals surface area contributed by atoms with Crippen molar-refractivity contribution >= 4 is 22.6 Å². The fourth-order valence-corrected chi connectivity index (χ4v) is 1.72. The van der Waals surface area contributed by atoms with E-state index in [9.17, 15) is 9.59 Å². The van der Waals surface area contributed by atoms with Crippen LogP contribution in [0.15, 0.2) is 33.5 Å². The van der Waals surface area contributed by atoms with E-state index in [4.69, 9.17) is 10.2 Å². The van der Waals surface area contributed by atoms with Crippen LogP contribution in [0, 0.1) is 0 Å². The molecule has 0 saturated carbocycles. The van der Waals surface area contributed by atoms with Gasteiger partial charge in [0.25, 0.3) is 0 Å². The van der Waals surface area contributed by atoms with Crippen LogP contribution in [0.5, 0.6) is 0 Å². The fraction of sp³-hybridized carbons (Fsp3) is 0.286. The SMILES string of the molecule is CC.CNc1ccc2c(CC(N)=O)cc(=O)oc2c1. The van der Waals surface area contributed by atoms with Gasteiger partial charge in [0.05, 0.1) is 6.42 Å². The summed E-state index contributed by atoms with van der Waals surface area (Å²) in [7, 11) is 1.77. The highest BCUT2D eigenvalue weighted by molar-refractivity contribution is 5.88. The lowest BCUT2D eigenvalue weighted by atomic mass is 10.1. The number of nitrogens with one attached hydrogen (secondary N) is 1. The molecule has 1 aromatic heterocycles. The molecule has 2 rings (SSSR count). The van der Waals surface area contributed by atoms with Crippen molar-refractivity contribution in [1.29, 1.82) is 0 Å². The molecule has 1 aromatic carbocycles. The summed E-state index contributed by atoms with van der Waals surface area (Å²) in [6.07, 6.45) is 0.0288. The maximum atomic E-state index is 11.3. The Hall–Kier alpha value is -2.30. The Morgan fingerprint density at radius 1 is 1.32 bits per heavy atom. The van der Waals surface area contributed by atoms with Gasteiger partial charge in [-0.3, -0.25) is 4.79 Å². The first-order valence-corrected chi connectivity index (χ1v) is 6.13. The smallest absolute Gasteiger partial charge is 0.336 e. The summed E-state index contributed by atoms with van der Waals surface area (Å²) in [5, 5.41) is 3.67. The first-order valence-electron chi connectivity index (χ1n) is 6.13. The fourth-order valence-electron chi connectivity index (χ4n) is 1.72. The van der Waals surface area contributed by atoms with Crippen LogP contribution in [0.25, 0.3) is 11.0 Å². The molecule has 0 spiro atoms. The third kappa shape index (κ3) is 3.58. The predicted molar refractivity (Wildman–Crippen MR) is 76.3 cm³/mol. The molecular formula is C14H18N2O3. The normalized spacial score (nSPS) is 9.63. The van der Waals surface area contributed by atoms with Crippen molar-refractivity contribution in [3.05, 3.63) is 40.2 Å². The zero-order valence-corrected chi connectivity index (χ0v) is 11.3. The van der Waals surface area contributed by atoms with Crippen molar-refractivity contribution in [3.8, 4) is 0 Å². The molecular weight excluding hydrogens is 244 g/mol. The van der Waals surface area contributed by atoms with E-state index in [2.05, 4.69) is 5.32 Å². The Balaban J connectivity index is 0.000000861. The van der Waals surface area contributed by atoms with Gasteiger partial charge < -0.3 is 15.5 Å². The van der Waals surface area contributed by atoms with Crippen LogP contribution in [0.4, 0.5) is 5.69 Å². The lowest BCUT2D eigenvalue weighted by Gasteiger charge is -2.05. The second-order valence-electron chi connectivity index (χ2n) is 3.69. The van der Waals surface area contributed by atoms with Gasteiger partial charge in [-0.05, 0) is 17.7 Å². The zero-order valence-electron chi connectivity index (χ0n) is 11.3. The molecule has 19 heavy (non-hydrogen) atoms. The Labute approximate surface area is 111 Å². The highest BCUT2D eigenvalue weighted by Gasteiger charge is 2.08. The van der Waals surface area contributed by atoms with Gasteiger partial charge in [0.1, 0.15) is 5.58 Å². The monoisotopic (exact) mass is 262 g/mol. The van der Waals surface area contributed by atoms with Crippen molar-refractivity contribution in [2.45, 2.75) is 20.3 Å². The molecule has 2 aromatic rings. The lowest BCUT2D eigenvalue weighted by Crippen LogP contribution is -2.15. The van der Waals surface area contributed by atoms with E-state index in [1.165, 1.54) is 6.07 Å². The number of rotatable bonds is 3. The number of benzene rings is 1. The van der Waals surface area contributed by atoms with E-state index >= 15 is 0 Å². The number of carbonyl (C=O) groups excluding carboxylic acids is 1. The number of primary amides is 1. The molecule has 0 radical (unpaired) electrons. The van der Waals surface area contributed by atoms with Gasteiger partial charge in [-0.25, -0.2) is 4.79 Å². The molecule has 0 aliphatic rings. The molecule has 0 aliphatic carbocycles. The van der Waals surface area contributed by atoms with E-state index in [1.54, 1.807) is 19.2 Å². The molecule has 3 N–H and O–H groups in total. The third-order valence-corrected chi connectivity index (χ3v) is 2.48. The van der Waals surface area contributed by atoms with Gasteiger partial charge in [-0.1, -0.05) is 13.8 Å². The average Bonchev–Trinajstić information content (AvgIpc) is 2.39. The molecule has 0 saturated heterocycles. The van der Waals surface area contributed by atoms with Crippen molar-refractivity contribution < 1.29 is 9.21 Å². The van der Waals surface area contributed by atoms with Gasteiger partial charge in [-0.15, -0.1) is 0 Å². The molecule has 0 atom stereocenters. The Kier molecular flexibility index (Phi) is 5.11. The van der Waals surface area contributed by atoms with Gasteiger partial charge >= 0.3 is 5.63 Å². The van der Waals surface area contributed by atoms with E-state index in [0.717, 1.165) is 11.1 Å². The van der Waals surface area contributed by atoms with E-state index in [0.29, 0.717) is 11.1 Å². The summed E-state index contributed by atoms with van der Waals surface area (Å²) in [5.74, 6) is -0.477. The van der Waals surface area contributed by atoms with Crippen molar-refractivity contribution in [3.63, 3.8) is 0 Å². The topological polar surface area (TPSA) is 85.3 Å². The van der Waals surface area contributed by atoms with Gasteiger partial charge in [0.15, 0.2) is 0 Å². The first-order chi connectivity index (χ1) is 9.10. The van der Waals surface area contributed by atoms with Crippen molar-refractivity contribution in [2.24, 2.45) is 5.73 Å². The van der Waals surface area contributed by atoms with Gasteiger partial charge in [-0.2, -0.15) is 0 Å².